The van der Waals surface area contributed by atoms with E-state index in [1.807, 2.05) is 0 Å². The van der Waals surface area contributed by atoms with E-state index in [2.05, 4.69) is 12.2 Å². The molecular formula is C10H19N. The molecule has 11 heavy (non-hydrogen) atoms. The monoisotopic (exact) mass is 153 g/mol. The van der Waals surface area contributed by atoms with Crippen LogP contribution in [0.1, 0.15) is 45.4 Å². The van der Waals surface area contributed by atoms with Crippen molar-refractivity contribution in [3.63, 3.8) is 0 Å². The molecule has 1 spiro atoms. The van der Waals surface area contributed by atoms with Gasteiger partial charge in [0.05, 0.1) is 0 Å². The molecular weight excluding hydrogens is 134 g/mol. The molecule has 1 N–H and O–H groups in total. The highest BCUT2D eigenvalue weighted by molar-refractivity contribution is 4.96. The van der Waals surface area contributed by atoms with E-state index in [1.54, 1.807) is 0 Å². The third-order valence-electron chi connectivity index (χ3n) is 3.44. The lowest BCUT2D eigenvalue weighted by Gasteiger charge is -2.35. The Morgan fingerprint density at radius 3 is 2.73 bits per heavy atom. The van der Waals surface area contributed by atoms with Crippen LogP contribution in [0.3, 0.4) is 0 Å². The first-order valence-corrected chi connectivity index (χ1v) is 5.06. The summed E-state index contributed by atoms with van der Waals surface area (Å²) in [5.41, 5.74) is 0.595. The van der Waals surface area contributed by atoms with Crippen LogP contribution in [0.5, 0.6) is 0 Å². The van der Waals surface area contributed by atoms with Crippen molar-refractivity contribution >= 4 is 0 Å². The minimum absolute atomic E-state index is 0.595. The molecule has 1 heterocycles. The highest BCUT2D eigenvalue weighted by atomic mass is 15.0. The third kappa shape index (κ3) is 1.44. The van der Waals surface area contributed by atoms with E-state index >= 15 is 0 Å². The maximum absolute atomic E-state index is 3.72. The van der Waals surface area contributed by atoms with Gasteiger partial charge in [0.2, 0.25) is 0 Å². The quantitative estimate of drug-likeness (QED) is 0.563. The lowest BCUT2D eigenvalue weighted by molar-refractivity contribution is 0.253. The van der Waals surface area contributed by atoms with Crippen molar-refractivity contribution in [2.75, 3.05) is 6.54 Å². The number of nitrogens with one attached hydrogen (secondary N) is 1. The fraction of sp³-hybridized carbons (Fsp3) is 1.00. The molecule has 1 nitrogen and oxygen atoms in total. The largest absolute Gasteiger partial charge is 0.311 e. The molecule has 1 aliphatic carbocycles. The zero-order valence-corrected chi connectivity index (χ0v) is 7.53. The van der Waals surface area contributed by atoms with E-state index in [4.69, 9.17) is 0 Å². The van der Waals surface area contributed by atoms with E-state index in [9.17, 15) is 0 Å². The molecule has 0 amide bonds. The maximum atomic E-state index is 3.72. The fourth-order valence-electron chi connectivity index (χ4n) is 2.81. The van der Waals surface area contributed by atoms with Gasteiger partial charge in [0, 0.05) is 5.54 Å². The third-order valence-corrected chi connectivity index (χ3v) is 3.44. The molecule has 0 aromatic heterocycles. The average molecular weight is 153 g/mol. The molecule has 0 aromatic carbocycles. The Labute approximate surface area is 69.6 Å². The van der Waals surface area contributed by atoms with E-state index in [0.29, 0.717) is 5.54 Å². The van der Waals surface area contributed by atoms with Gasteiger partial charge in [0.25, 0.3) is 0 Å². The van der Waals surface area contributed by atoms with Crippen LogP contribution in [-0.4, -0.2) is 12.1 Å². The lowest BCUT2D eigenvalue weighted by Crippen LogP contribution is -2.46. The zero-order chi connectivity index (χ0) is 7.73. The molecule has 2 atom stereocenters. The Kier molecular flexibility index (Phi) is 1.92. The molecule has 2 rings (SSSR count). The van der Waals surface area contributed by atoms with E-state index in [0.717, 1.165) is 5.92 Å². The standard InChI is InChI=1S/C10H19N/c1-9-4-6-10(8-9)5-2-3-7-11-10/h9,11H,2-8H2,1H3. The van der Waals surface area contributed by atoms with E-state index in [1.165, 1.54) is 45.1 Å². The molecule has 2 unspecified atom stereocenters. The summed E-state index contributed by atoms with van der Waals surface area (Å²) < 4.78 is 0. The topological polar surface area (TPSA) is 12.0 Å². The highest BCUT2D eigenvalue weighted by Crippen LogP contribution is 2.39. The van der Waals surface area contributed by atoms with Gasteiger partial charge in [-0.05, 0) is 44.6 Å². The van der Waals surface area contributed by atoms with Crippen molar-refractivity contribution in [3.8, 4) is 0 Å². The van der Waals surface area contributed by atoms with Gasteiger partial charge < -0.3 is 5.32 Å². The molecule has 0 aromatic rings. The van der Waals surface area contributed by atoms with Gasteiger partial charge in [-0.25, -0.2) is 0 Å². The summed E-state index contributed by atoms with van der Waals surface area (Å²) >= 11 is 0. The fourth-order valence-corrected chi connectivity index (χ4v) is 2.81. The van der Waals surface area contributed by atoms with Gasteiger partial charge in [-0.2, -0.15) is 0 Å². The molecule has 0 radical (unpaired) electrons. The Bertz CT molecular complexity index is 130. The van der Waals surface area contributed by atoms with Gasteiger partial charge in [-0.1, -0.05) is 13.3 Å². The van der Waals surface area contributed by atoms with Crippen molar-refractivity contribution in [3.05, 3.63) is 0 Å². The Morgan fingerprint density at radius 1 is 1.27 bits per heavy atom. The summed E-state index contributed by atoms with van der Waals surface area (Å²) in [6.07, 6.45) is 8.63. The van der Waals surface area contributed by atoms with Crippen LogP contribution in [0.2, 0.25) is 0 Å². The minimum atomic E-state index is 0.595. The Balaban J connectivity index is 1.98. The molecule has 2 aliphatic rings. The SMILES string of the molecule is CC1CCC2(CCCCN2)C1. The van der Waals surface area contributed by atoms with Gasteiger partial charge in [-0.3, -0.25) is 0 Å². The highest BCUT2D eigenvalue weighted by Gasteiger charge is 2.37. The first-order chi connectivity index (χ1) is 5.31. The van der Waals surface area contributed by atoms with Crippen molar-refractivity contribution < 1.29 is 0 Å². The molecule has 1 saturated heterocycles. The van der Waals surface area contributed by atoms with Crippen LogP contribution < -0.4 is 5.32 Å². The number of piperidine rings is 1. The van der Waals surface area contributed by atoms with Gasteiger partial charge >= 0.3 is 0 Å². The van der Waals surface area contributed by atoms with Crippen LogP contribution in [0, 0.1) is 5.92 Å². The minimum Gasteiger partial charge on any atom is -0.311 e. The zero-order valence-electron chi connectivity index (χ0n) is 7.53. The van der Waals surface area contributed by atoms with E-state index < -0.39 is 0 Å². The molecule has 1 aliphatic heterocycles. The van der Waals surface area contributed by atoms with Crippen LogP contribution in [0.25, 0.3) is 0 Å². The summed E-state index contributed by atoms with van der Waals surface area (Å²) in [5, 5.41) is 3.72. The molecule has 1 saturated carbocycles. The van der Waals surface area contributed by atoms with Gasteiger partial charge in [0.15, 0.2) is 0 Å². The molecule has 1 heteroatoms. The van der Waals surface area contributed by atoms with Crippen LogP contribution in [0.4, 0.5) is 0 Å². The summed E-state index contributed by atoms with van der Waals surface area (Å²) in [6, 6.07) is 0. The number of hydrogen-bond donors (Lipinski definition) is 1. The van der Waals surface area contributed by atoms with Crippen molar-refractivity contribution in [2.24, 2.45) is 5.92 Å². The summed E-state index contributed by atoms with van der Waals surface area (Å²) in [7, 11) is 0. The Morgan fingerprint density at radius 2 is 2.18 bits per heavy atom. The van der Waals surface area contributed by atoms with Gasteiger partial charge in [-0.15, -0.1) is 0 Å². The van der Waals surface area contributed by atoms with Crippen molar-refractivity contribution in [1.29, 1.82) is 0 Å². The van der Waals surface area contributed by atoms with Crippen LogP contribution >= 0.6 is 0 Å². The average Bonchev–Trinajstić information content (AvgIpc) is 2.34. The smallest absolute Gasteiger partial charge is 0.0184 e. The van der Waals surface area contributed by atoms with Crippen LogP contribution in [0.15, 0.2) is 0 Å². The van der Waals surface area contributed by atoms with Crippen molar-refractivity contribution in [2.45, 2.75) is 51.0 Å². The summed E-state index contributed by atoms with van der Waals surface area (Å²) in [5.74, 6) is 0.973. The maximum Gasteiger partial charge on any atom is 0.0184 e. The molecule has 0 bridgehead atoms. The lowest BCUT2D eigenvalue weighted by atomic mass is 9.87. The van der Waals surface area contributed by atoms with Crippen LogP contribution in [-0.2, 0) is 0 Å². The second kappa shape index (κ2) is 2.78. The van der Waals surface area contributed by atoms with Crippen molar-refractivity contribution in [1.82, 2.24) is 5.32 Å². The predicted octanol–water partition coefficient (Wildman–Crippen LogP) is 2.32. The molecule has 2 fully saturated rings. The molecule has 64 valence electrons. The first-order valence-electron chi connectivity index (χ1n) is 5.06. The summed E-state index contributed by atoms with van der Waals surface area (Å²) in [4.78, 5) is 0. The first kappa shape index (κ1) is 7.60. The Hall–Kier alpha value is -0.0400. The predicted molar refractivity (Wildman–Crippen MR) is 47.6 cm³/mol. The van der Waals surface area contributed by atoms with Gasteiger partial charge in [0.1, 0.15) is 0 Å². The normalized spacial score (nSPS) is 45.0. The van der Waals surface area contributed by atoms with E-state index in [-0.39, 0.29) is 0 Å². The number of hydrogen-bond acceptors (Lipinski definition) is 1. The summed E-state index contributed by atoms with van der Waals surface area (Å²) in [6.45, 7) is 3.66. The second-order valence-corrected chi connectivity index (χ2v) is 4.51. The number of rotatable bonds is 0. The second-order valence-electron chi connectivity index (χ2n) is 4.51.